The molecule has 3 rings (SSSR count). The molecule has 0 atom stereocenters. The molecule has 0 amide bonds. The van der Waals surface area contributed by atoms with E-state index < -0.39 is 0 Å². The van der Waals surface area contributed by atoms with Gasteiger partial charge in [0.25, 0.3) is 0 Å². The number of rotatable bonds is 6. The lowest BCUT2D eigenvalue weighted by molar-refractivity contribution is 0.302. The third kappa shape index (κ3) is 3.90. The molecule has 0 spiro atoms. The fourth-order valence-corrected chi connectivity index (χ4v) is 3.00. The number of hydrogen-bond acceptors (Lipinski definition) is 3. The first-order valence-electron chi connectivity index (χ1n) is 7.61. The highest BCUT2D eigenvalue weighted by molar-refractivity contribution is 6.39. The smallest absolute Gasteiger partial charge is 0.164 e. The van der Waals surface area contributed by atoms with E-state index in [0.717, 1.165) is 16.6 Å². The van der Waals surface area contributed by atoms with Crippen molar-refractivity contribution in [1.29, 1.82) is 0 Å². The Morgan fingerprint density at radius 3 is 2.83 bits per heavy atom. The molecule has 1 aliphatic carbocycles. The van der Waals surface area contributed by atoms with Crippen molar-refractivity contribution in [1.82, 2.24) is 9.88 Å². The summed E-state index contributed by atoms with van der Waals surface area (Å²) in [5, 5.41) is 1.94. The van der Waals surface area contributed by atoms with Crippen LogP contribution in [0.3, 0.4) is 0 Å². The van der Waals surface area contributed by atoms with Gasteiger partial charge >= 0.3 is 0 Å². The Morgan fingerprint density at radius 1 is 1.35 bits per heavy atom. The second kappa shape index (κ2) is 6.97. The number of nitrogens with zero attached hydrogens (tertiary/aromatic N) is 2. The summed E-state index contributed by atoms with van der Waals surface area (Å²) in [5.74, 6) is 3.89. The third-order valence-corrected chi connectivity index (χ3v) is 4.44. The molecule has 1 aromatic heterocycles. The van der Waals surface area contributed by atoms with Gasteiger partial charge in [-0.25, -0.2) is 4.98 Å². The molecule has 0 unspecified atom stereocenters. The van der Waals surface area contributed by atoms with Gasteiger partial charge in [0, 0.05) is 11.9 Å². The van der Waals surface area contributed by atoms with Gasteiger partial charge in [0.1, 0.15) is 5.52 Å². The number of halogens is 2. The summed E-state index contributed by atoms with van der Waals surface area (Å²) < 4.78 is 5.94. The van der Waals surface area contributed by atoms with Crippen LogP contribution in [-0.2, 0) is 6.54 Å². The van der Waals surface area contributed by atoms with Crippen molar-refractivity contribution in [2.24, 2.45) is 5.92 Å². The Bertz CT molecular complexity index is 766. The fraction of sp³-hybridized carbons (Fsp3) is 0.389. The molecule has 5 heteroatoms. The lowest BCUT2D eigenvalue weighted by atomic mass is 10.1. The van der Waals surface area contributed by atoms with Gasteiger partial charge in [0.05, 0.1) is 28.9 Å². The van der Waals surface area contributed by atoms with E-state index in [0.29, 0.717) is 41.4 Å². The Kier molecular flexibility index (Phi) is 4.96. The predicted octanol–water partition coefficient (Wildman–Crippen LogP) is 4.40. The Morgan fingerprint density at radius 2 is 2.13 bits per heavy atom. The zero-order valence-corrected chi connectivity index (χ0v) is 14.5. The minimum atomic E-state index is 0.504. The normalized spacial score (nSPS) is 14.2. The zero-order valence-electron chi connectivity index (χ0n) is 13.0. The van der Waals surface area contributed by atoms with Gasteiger partial charge < -0.3 is 4.74 Å². The van der Waals surface area contributed by atoms with Gasteiger partial charge in [-0.05, 0) is 44.0 Å². The highest BCUT2D eigenvalue weighted by atomic mass is 35.5. The number of terminal acetylenes is 1. The molecule has 0 saturated heterocycles. The molecular formula is C18H18Cl2N2O. The number of fused-ring (bicyclic) bond motifs is 1. The second-order valence-electron chi connectivity index (χ2n) is 6.00. The number of hydrogen-bond donors (Lipinski definition) is 0. The Balaban J connectivity index is 1.96. The maximum absolute atomic E-state index is 6.33. The monoisotopic (exact) mass is 348 g/mol. The predicted molar refractivity (Wildman–Crippen MR) is 95.1 cm³/mol. The molecule has 0 bridgehead atoms. The molecule has 23 heavy (non-hydrogen) atoms. The standard InChI is InChI=1S/C18H18Cl2N2O/c1-3-8-22(2)10-13-6-7-14-15(19)9-16(20)18(17(14)21-13)23-11-12-4-5-12/h1,6-7,9,12H,4-5,8,10-11H2,2H3. The van der Waals surface area contributed by atoms with Crippen molar-refractivity contribution in [2.75, 3.05) is 20.2 Å². The van der Waals surface area contributed by atoms with Crippen LogP contribution in [0.5, 0.6) is 5.75 Å². The number of aromatic nitrogens is 1. The van der Waals surface area contributed by atoms with Crippen LogP contribution in [0.2, 0.25) is 10.0 Å². The summed E-state index contributed by atoms with van der Waals surface area (Å²) in [6, 6.07) is 5.64. The van der Waals surface area contributed by atoms with Crippen LogP contribution in [0.25, 0.3) is 10.9 Å². The molecule has 1 fully saturated rings. The minimum Gasteiger partial charge on any atom is -0.489 e. The van der Waals surface area contributed by atoms with Gasteiger partial charge in [0.2, 0.25) is 0 Å². The highest BCUT2D eigenvalue weighted by Gasteiger charge is 2.23. The molecule has 0 N–H and O–H groups in total. The summed E-state index contributed by atoms with van der Waals surface area (Å²) in [6.45, 7) is 1.91. The molecule has 2 aromatic rings. The topological polar surface area (TPSA) is 25.4 Å². The molecule has 0 aliphatic heterocycles. The van der Waals surface area contributed by atoms with Crippen molar-refractivity contribution in [2.45, 2.75) is 19.4 Å². The van der Waals surface area contributed by atoms with Gasteiger partial charge in [-0.1, -0.05) is 29.1 Å². The first kappa shape index (κ1) is 16.4. The second-order valence-corrected chi connectivity index (χ2v) is 6.81. The molecule has 1 heterocycles. The Hall–Kier alpha value is -1.47. The van der Waals surface area contributed by atoms with E-state index in [1.807, 2.05) is 24.1 Å². The van der Waals surface area contributed by atoms with E-state index in [1.54, 1.807) is 6.07 Å². The van der Waals surface area contributed by atoms with Gasteiger partial charge in [-0.3, -0.25) is 4.90 Å². The first-order valence-corrected chi connectivity index (χ1v) is 8.36. The lowest BCUT2D eigenvalue weighted by Gasteiger charge is -2.15. The van der Waals surface area contributed by atoms with Gasteiger partial charge in [0.15, 0.2) is 5.75 Å². The average molecular weight is 349 g/mol. The van der Waals surface area contributed by atoms with Crippen molar-refractivity contribution in [3.63, 3.8) is 0 Å². The molecular weight excluding hydrogens is 331 g/mol. The van der Waals surface area contributed by atoms with Crippen LogP contribution in [0.4, 0.5) is 0 Å². The number of pyridine rings is 1. The van der Waals surface area contributed by atoms with Crippen LogP contribution in [0.1, 0.15) is 18.5 Å². The maximum atomic E-state index is 6.33. The van der Waals surface area contributed by atoms with Crippen LogP contribution in [-0.4, -0.2) is 30.1 Å². The summed E-state index contributed by atoms with van der Waals surface area (Å²) in [7, 11) is 1.96. The van der Waals surface area contributed by atoms with E-state index in [4.69, 9.17) is 39.3 Å². The van der Waals surface area contributed by atoms with Gasteiger partial charge in [-0.2, -0.15) is 0 Å². The highest BCUT2D eigenvalue weighted by Crippen LogP contribution is 2.39. The third-order valence-electron chi connectivity index (χ3n) is 3.85. The fourth-order valence-electron chi connectivity index (χ4n) is 2.43. The zero-order chi connectivity index (χ0) is 16.4. The minimum absolute atomic E-state index is 0.504. The summed E-state index contributed by atoms with van der Waals surface area (Å²) >= 11 is 12.6. The van der Waals surface area contributed by atoms with Crippen LogP contribution >= 0.6 is 23.2 Å². The van der Waals surface area contributed by atoms with Crippen molar-refractivity contribution < 1.29 is 4.74 Å². The van der Waals surface area contributed by atoms with E-state index in [1.165, 1.54) is 12.8 Å². The van der Waals surface area contributed by atoms with Crippen molar-refractivity contribution in [3.8, 4) is 18.1 Å². The van der Waals surface area contributed by atoms with E-state index in [2.05, 4.69) is 5.92 Å². The van der Waals surface area contributed by atoms with Crippen molar-refractivity contribution in [3.05, 3.63) is 33.9 Å². The van der Waals surface area contributed by atoms with Crippen LogP contribution < -0.4 is 4.74 Å². The Labute approximate surface area is 146 Å². The molecule has 120 valence electrons. The number of ether oxygens (including phenoxy) is 1. The van der Waals surface area contributed by atoms with E-state index >= 15 is 0 Å². The summed E-state index contributed by atoms with van der Waals surface area (Å²) in [4.78, 5) is 6.73. The first-order chi connectivity index (χ1) is 11.1. The molecule has 1 saturated carbocycles. The lowest BCUT2D eigenvalue weighted by Crippen LogP contribution is -2.18. The van der Waals surface area contributed by atoms with E-state index in [9.17, 15) is 0 Å². The van der Waals surface area contributed by atoms with Crippen molar-refractivity contribution >= 4 is 34.1 Å². The largest absolute Gasteiger partial charge is 0.489 e. The van der Waals surface area contributed by atoms with Gasteiger partial charge in [-0.15, -0.1) is 6.42 Å². The average Bonchev–Trinajstić information content (AvgIpc) is 3.31. The van der Waals surface area contributed by atoms with Crippen LogP contribution in [0.15, 0.2) is 18.2 Å². The molecule has 1 aliphatic rings. The quantitative estimate of drug-likeness (QED) is 0.723. The number of benzene rings is 1. The van der Waals surface area contributed by atoms with E-state index in [-0.39, 0.29) is 0 Å². The maximum Gasteiger partial charge on any atom is 0.164 e. The molecule has 1 aromatic carbocycles. The van der Waals surface area contributed by atoms with Crippen LogP contribution in [0, 0.1) is 18.3 Å². The summed E-state index contributed by atoms with van der Waals surface area (Å²) in [5.41, 5.74) is 1.62. The molecule has 0 radical (unpaired) electrons. The molecule has 3 nitrogen and oxygen atoms in total. The summed E-state index contributed by atoms with van der Waals surface area (Å²) in [6.07, 6.45) is 7.79. The SMILES string of the molecule is C#CCN(C)Cc1ccc2c(Cl)cc(Cl)c(OCC3CC3)c2n1.